The number of nitrogens with two attached hydrogens (primary N) is 1. The van der Waals surface area contributed by atoms with Gasteiger partial charge in [-0.1, -0.05) is 6.92 Å². The molecule has 2 atom stereocenters. The Kier molecular flexibility index (Phi) is 3.72. The monoisotopic (exact) mass is 181 g/mol. The standard InChI is InChI=1S/C5H12NO4P/c1-2-5(6,4(8)9)11(10)3-7/h7,11H,2-3,6H2,1H3,(H,8,9)/t5-/m0/s1. The summed E-state index contributed by atoms with van der Waals surface area (Å²) in [4.78, 5) is 10.4. The van der Waals surface area contributed by atoms with Gasteiger partial charge in [-0.05, 0) is 6.42 Å². The molecule has 0 fully saturated rings. The smallest absolute Gasteiger partial charge is 0.331 e. The Morgan fingerprint density at radius 1 is 1.73 bits per heavy atom. The van der Waals surface area contributed by atoms with Gasteiger partial charge in [0, 0.05) is 0 Å². The summed E-state index contributed by atoms with van der Waals surface area (Å²) in [5.41, 5.74) is 5.27. The lowest BCUT2D eigenvalue weighted by molar-refractivity contribution is -0.140. The van der Waals surface area contributed by atoms with Gasteiger partial charge in [-0.2, -0.15) is 0 Å². The molecule has 66 valence electrons. The number of carbonyl (C=O) groups is 1. The summed E-state index contributed by atoms with van der Waals surface area (Å²) in [6, 6.07) is 0. The first-order valence-corrected chi connectivity index (χ1v) is 4.77. The van der Waals surface area contributed by atoms with Gasteiger partial charge in [0.1, 0.15) is 7.80 Å². The van der Waals surface area contributed by atoms with E-state index >= 15 is 0 Å². The van der Waals surface area contributed by atoms with Crippen LogP contribution in [0.25, 0.3) is 0 Å². The summed E-state index contributed by atoms with van der Waals surface area (Å²) >= 11 is 0. The van der Waals surface area contributed by atoms with Gasteiger partial charge < -0.3 is 20.5 Å². The lowest BCUT2D eigenvalue weighted by atomic mass is 10.2. The molecule has 6 heteroatoms. The van der Waals surface area contributed by atoms with E-state index in [2.05, 4.69) is 0 Å². The number of hydrogen-bond acceptors (Lipinski definition) is 4. The lowest BCUT2D eigenvalue weighted by Crippen LogP contribution is -2.44. The molecule has 11 heavy (non-hydrogen) atoms. The predicted octanol–water partition coefficient (Wildman–Crippen LogP) is -0.354. The van der Waals surface area contributed by atoms with Crippen molar-refractivity contribution in [3.63, 3.8) is 0 Å². The largest absolute Gasteiger partial charge is 0.480 e. The molecule has 0 bridgehead atoms. The maximum Gasteiger partial charge on any atom is 0.331 e. The number of carboxylic acid groups (broad SMARTS) is 1. The SMILES string of the molecule is CC[C@@](N)(C(=O)O)[PH](=O)CO. The van der Waals surface area contributed by atoms with Gasteiger partial charge in [-0.3, -0.25) is 0 Å². The average molecular weight is 181 g/mol. The second-order valence-corrected chi connectivity index (χ2v) is 4.27. The molecule has 0 heterocycles. The molecule has 4 N–H and O–H groups in total. The van der Waals surface area contributed by atoms with Crippen molar-refractivity contribution in [1.29, 1.82) is 0 Å². The highest BCUT2D eigenvalue weighted by molar-refractivity contribution is 7.47. The van der Waals surface area contributed by atoms with Crippen LogP contribution in [0.3, 0.4) is 0 Å². The van der Waals surface area contributed by atoms with Crippen LogP contribution in [0.15, 0.2) is 0 Å². The molecule has 0 aromatic rings. The maximum atomic E-state index is 10.9. The molecule has 0 aliphatic rings. The van der Waals surface area contributed by atoms with E-state index in [4.69, 9.17) is 15.9 Å². The Balaban J connectivity index is 4.59. The normalized spacial score (nSPS) is 18.8. The van der Waals surface area contributed by atoms with E-state index in [9.17, 15) is 9.36 Å². The first-order chi connectivity index (χ1) is 4.99. The van der Waals surface area contributed by atoms with Gasteiger partial charge >= 0.3 is 5.97 Å². The number of aliphatic carboxylic acids is 1. The molecule has 0 aliphatic heterocycles. The van der Waals surface area contributed by atoms with Crippen LogP contribution in [0, 0.1) is 0 Å². The van der Waals surface area contributed by atoms with E-state index in [-0.39, 0.29) is 6.42 Å². The number of aliphatic hydroxyl groups is 1. The van der Waals surface area contributed by atoms with Crippen LogP contribution in [0.1, 0.15) is 13.3 Å². The van der Waals surface area contributed by atoms with E-state index in [1.54, 1.807) is 0 Å². The van der Waals surface area contributed by atoms with Crippen LogP contribution >= 0.6 is 7.80 Å². The third kappa shape index (κ3) is 2.02. The minimum Gasteiger partial charge on any atom is -0.480 e. The zero-order chi connectivity index (χ0) is 9.07. The maximum absolute atomic E-state index is 10.9. The van der Waals surface area contributed by atoms with Crippen LogP contribution in [-0.2, 0) is 9.36 Å². The fourth-order valence-corrected chi connectivity index (χ4v) is 1.52. The van der Waals surface area contributed by atoms with Gasteiger partial charge in [-0.15, -0.1) is 0 Å². The molecule has 0 saturated carbocycles. The van der Waals surface area contributed by atoms with Gasteiger partial charge in [0.2, 0.25) is 0 Å². The van der Waals surface area contributed by atoms with Crippen molar-refractivity contribution in [3.05, 3.63) is 0 Å². The fraction of sp³-hybridized carbons (Fsp3) is 0.800. The van der Waals surface area contributed by atoms with Crippen molar-refractivity contribution in [1.82, 2.24) is 0 Å². The summed E-state index contributed by atoms with van der Waals surface area (Å²) in [6.45, 7) is 1.52. The Bertz CT molecular complexity index is 183. The van der Waals surface area contributed by atoms with Crippen molar-refractivity contribution < 1.29 is 19.6 Å². The van der Waals surface area contributed by atoms with E-state index in [1.165, 1.54) is 6.92 Å². The summed E-state index contributed by atoms with van der Waals surface area (Å²) in [5.74, 6) is -1.32. The third-order valence-electron chi connectivity index (χ3n) is 1.58. The average Bonchev–Trinajstić information content (AvgIpc) is 2.01. The Morgan fingerprint density at radius 3 is 2.27 bits per heavy atom. The first kappa shape index (κ1) is 10.6. The zero-order valence-corrected chi connectivity index (χ0v) is 7.20. The first-order valence-electron chi connectivity index (χ1n) is 3.15. The fourth-order valence-electron chi connectivity index (χ4n) is 0.609. The molecular weight excluding hydrogens is 169 g/mol. The van der Waals surface area contributed by atoms with E-state index in [0.717, 1.165) is 0 Å². The number of hydrogen-bond donors (Lipinski definition) is 3. The van der Waals surface area contributed by atoms with Crippen molar-refractivity contribution in [2.45, 2.75) is 18.6 Å². The predicted molar refractivity (Wildman–Crippen MR) is 40.9 cm³/mol. The minimum absolute atomic E-state index is 0.0562. The van der Waals surface area contributed by atoms with Crippen LogP contribution in [0.5, 0.6) is 0 Å². The number of aliphatic hydroxyl groups excluding tert-OH is 1. The number of rotatable bonds is 4. The molecule has 0 radical (unpaired) electrons. The molecule has 0 rings (SSSR count). The molecule has 0 spiro atoms. The number of carboxylic acids is 1. The molecule has 0 aromatic heterocycles. The molecule has 0 amide bonds. The van der Waals surface area contributed by atoms with Crippen LogP contribution in [0.2, 0.25) is 0 Å². The van der Waals surface area contributed by atoms with Crippen molar-refractivity contribution in [2.24, 2.45) is 5.73 Å². The molecule has 0 aromatic carbocycles. The van der Waals surface area contributed by atoms with Crippen molar-refractivity contribution >= 4 is 13.8 Å². The summed E-state index contributed by atoms with van der Waals surface area (Å²) in [6.07, 6.45) is -0.595. The van der Waals surface area contributed by atoms with Crippen LogP contribution in [0.4, 0.5) is 0 Å². The topological polar surface area (TPSA) is 101 Å². The Hall–Kier alpha value is -0.380. The lowest BCUT2D eigenvalue weighted by Gasteiger charge is -2.20. The molecule has 0 aliphatic carbocycles. The third-order valence-corrected chi connectivity index (χ3v) is 3.43. The second-order valence-electron chi connectivity index (χ2n) is 2.21. The van der Waals surface area contributed by atoms with Crippen molar-refractivity contribution in [3.8, 4) is 0 Å². The van der Waals surface area contributed by atoms with E-state index in [0.29, 0.717) is 0 Å². The molecule has 5 nitrogen and oxygen atoms in total. The van der Waals surface area contributed by atoms with Crippen LogP contribution in [-0.4, -0.2) is 27.8 Å². The van der Waals surface area contributed by atoms with Crippen LogP contribution < -0.4 is 5.73 Å². The Morgan fingerprint density at radius 2 is 2.18 bits per heavy atom. The van der Waals surface area contributed by atoms with Gasteiger partial charge in [0.15, 0.2) is 5.28 Å². The quantitative estimate of drug-likeness (QED) is 0.514. The van der Waals surface area contributed by atoms with Gasteiger partial charge in [0.05, 0.1) is 6.35 Å². The summed E-state index contributed by atoms with van der Waals surface area (Å²) in [7, 11) is -2.63. The highest BCUT2D eigenvalue weighted by Crippen LogP contribution is 2.36. The van der Waals surface area contributed by atoms with Gasteiger partial charge in [-0.25, -0.2) is 4.79 Å². The second kappa shape index (κ2) is 3.85. The molecular formula is C5H12NO4P. The summed E-state index contributed by atoms with van der Waals surface area (Å²) < 4.78 is 10.9. The Labute approximate surface area is 65.0 Å². The zero-order valence-electron chi connectivity index (χ0n) is 6.20. The molecule has 1 unspecified atom stereocenters. The van der Waals surface area contributed by atoms with Crippen molar-refractivity contribution in [2.75, 3.05) is 6.35 Å². The highest BCUT2D eigenvalue weighted by atomic mass is 31.1. The molecule has 0 saturated heterocycles. The minimum atomic E-state index is -2.63. The van der Waals surface area contributed by atoms with E-state index in [1.807, 2.05) is 0 Å². The highest BCUT2D eigenvalue weighted by Gasteiger charge is 2.37. The summed E-state index contributed by atoms with van der Waals surface area (Å²) in [5, 5.41) is 15.2. The van der Waals surface area contributed by atoms with E-state index < -0.39 is 25.4 Å². The van der Waals surface area contributed by atoms with Gasteiger partial charge in [0.25, 0.3) is 0 Å².